The van der Waals surface area contributed by atoms with Crippen LogP contribution < -0.4 is 5.32 Å². The lowest BCUT2D eigenvalue weighted by Crippen LogP contribution is -2.26. The van der Waals surface area contributed by atoms with Gasteiger partial charge in [0.1, 0.15) is 0 Å². The van der Waals surface area contributed by atoms with Gasteiger partial charge in [-0.05, 0) is 17.7 Å². The molecule has 0 aliphatic heterocycles. The predicted octanol–water partition coefficient (Wildman–Crippen LogP) is 1.44. The number of rotatable bonds is 1. The molecule has 0 saturated heterocycles. The summed E-state index contributed by atoms with van der Waals surface area (Å²) in [7, 11) is 0. The zero-order valence-corrected chi connectivity index (χ0v) is 6.30. The Labute approximate surface area is 72.0 Å². The van der Waals surface area contributed by atoms with Gasteiger partial charge in [0.25, 0.3) is 5.91 Å². The lowest BCUT2D eigenvalue weighted by Gasteiger charge is -1.94. The Morgan fingerprint density at radius 1 is 1.62 bits per heavy atom. The molecular formula is C6H4N4O3. The molecule has 1 heterocycles. The molecule has 0 aromatic carbocycles. The normalized spacial score (nSPS) is 8.62. The third-order valence-corrected chi connectivity index (χ3v) is 1.10. The second-order valence-electron chi connectivity index (χ2n) is 1.93. The van der Waals surface area contributed by atoms with Crippen LogP contribution in [0.15, 0.2) is 27.9 Å². The van der Waals surface area contributed by atoms with Gasteiger partial charge in [-0.15, -0.1) is 0 Å². The minimum atomic E-state index is -1.07. The third kappa shape index (κ3) is 2.35. The molecule has 0 unspecified atom stereocenters. The highest BCUT2D eigenvalue weighted by Crippen LogP contribution is 1.98. The van der Waals surface area contributed by atoms with Gasteiger partial charge in [-0.25, -0.2) is 0 Å². The fourth-order valence-electron chi connectivity index (χ4n) is 0.632. The molecule has 1 rings (SSSR count). The van der Waals surface area contributed by atoms with Crippen LogP contribution >= 0.6 is 0 Å². The SMILES string of the molecule is [N-]=[N+]=NC(=O)NC(=O)c1ccco1. The monoisotopic (exact) mass is 180 g/mol. The lowest BCUT2D eigenvalue weighted by atomic mass is 10.4. The zero-order chi connectivity index (χ0) is 9.68. The molecule has 3 amide bonds. The molecule has 0 spiro atoms. The Kier molecular flexibility index (Phi) is 2.67. The number of hydrogen-bond donors (Lipinski definition) is 1. The quantitative estimate of drug-likeness (QED) is 0.401. The Balaban J connectivity index is 2.61. The van der Waals surface area contributed by atoms with E-state index < -0.39 is 11.9 Å². The van der Waals surface area contributed by atoms with E-state index in [0.29, 0.717) is 0 Å². The molecule has 0 aliphatic carbocycles. The Morgan fingerprint density at radius 2 is 2.38 bits per heavy atom. The van der Waals surface area contributed by atoms with Crippen molar-refractivity contribution in [3.05, 3.63) is 34.6 Å². The van der Waals surface area contributed by atoms with Gasteiger partial charge in [0.05, 0.1) is 6.26 Å². The van der Waals surface area contributed by atoms with Gasteiger partial charge >= 0.3 is 6.03 Å². The van der Waals surface area contributed by atoms with Crippen molar-refractivity contribution in [3.63, 3.8) is 0 Å². The highest BCUT2D eigenvalue weighted by molar-refractivity contribution is 6.02. The highest BCUT2D eigenvalue weighted by atomic mass is 16.3. The van der Waals surface area contributed by atoms with Crippen LogP contribution in [-0.2, 0) is 0 Å². The minimum Gasteiger partial charge on any atom is -0.459 e. The smallest absolute Gasteiger partial charge is 0.315 e. The third-order valence-electron chi connectivity index (χ3n) is 1.10. The summed E-state index contributed by atoms with van der Waals surface area (Å²) in [6, 6.07) is 1.80. The van der Waals surface area contributed by atoms with Crippen molar-refractivity contribution in [2.75, 3.05) is 0 Å². The second kappa shape index (κ2) is 3.93. The maximum atomic E-state index is 11.0. The van der Waals surface area contributed by atoms with E-state index in [9.17, 15) is 9.59 Å². The van der Waals surface area contributed by atoms with Crippen molar-refractivity contribution in [3.8, 4) is 0 Å². The van der Waals surface area contributed by atoms with E-state index in [2.05, 4.69) is 14.4 Å². The van der Waals surface area contributed by atoms with Crippen molar-refractivity contribution >= 4 is 11.9 Å². The molecule has 1 N–H and O–H groups in total. The second-order valence-corrected chi connectivity index (χ2v) is 1.93. The van der Waals surface area contributed by atoms with Crippen LogP contribution in [0.4, 0.5) is 4.79 Å². The molecule has 0 bridgehead atoms. The predicted molar refractivity (Wildman–Crippen MR) is 40.7 cm³/mol. The average molecular weight is 180 g/mol. The minimum absolute atomic E-state index is 0.0264. The van der Waals surface area contributed by atoms with Crippen molar-refractivity contribution in [2.45, 2.75) is 0 Å². The fourth-order valence-corrected chi connectivity index (χ4v) is 0.632. The number of carbonyl (C=O) groups is 2. The molecule has 0 aliphatic rings. The summed E-state index contributed by atoms with van der Waals surface area (Å²) in [5, 5.41) is 4.43. The number of hydrogen-bond acceptors (Lipinski definition) is 3. The number of azide groups is 1. The van der Waals surface area contributed by atoms with Gasteiger partial charge in [0, 0.05) is 10.0 Å². The van der Waals surface area contributed by atoms with Gasteiger partial charge in [-0.3, -0.25) is 14.9 Å². The average Bonchev–Trinajstić information content (AvgIpc) is 2.55. The summed E-state index contributed by atoms with van der Waals surface area (Å²) in [5.41, 5.74) is 7.84. The first-order chi connectivity index (χ1) is 6.24. The summed E-state index contributed by atoms with van der Waals surface area (Å²) in [4.78, 5) is 23.7. The molecule has 0 radical (unpaired) electrons. The zero-order valence-electron chi connectivity index (χ0n) is 6.30. The molecule has 13 heavy (non-hydrogen) atoms. The summed E-state index contributed by atoms with van der Waals surface area (Å²) in [6.07, 6.45) is 1.28. The van der Waals surface area contributed by atoms with Crippen molar-refractivity contribution < 1.29 is 14.0 Å². The lowest BCUT2D eigenvalue weighted by molar-refractivity contribution is 0.0939. The van der Waals surface area contributed by atoms with E-state index in [-0.39, 0.29) is 5.76 Å². The summed E-state index contributed by atoms with van der Waals surface area (Å²) in [5.74, 6) is -0.774. The van der Waals surface area contributed by atoms with E-state index in [4.69, 9.17) is 5.53 Å². The van der Waals surface area contributed by atoms with Gasteiger partial charge in [-0.2, -0.15) is 0 Å². The molecule has 66 valence electrons. The largest absolute Gasteiger partial charge is 0.459 e. The molecule has 7 heteroatoms. The summed E-state index contributed by atoms with van der Waals surface area (Å²) >= 11 is 0. The molecule has 7 nitrogen and oxygen atoms in total. The standard InChI is InChI=1S/C6H4N4O3/c7-10-9-6(12)8-5(11)4-2-1-3-13-4/h1-3H,(H,8,11,12). The maximum absolute atomic E-state index is 11.0. The first-order valence-corrected chi connectivity index (χ1v) is 3.18. The van der Waals surface area contributed by atoms with Crippen LogP contribution in [0.5, 0.6) is 0 Å². The number of amides is 3. The Morgan fingerprint density at radius 3 is 2.92 bits per heavy atom. The number of carbonyl (C=O) groups excluding carboxylic acids is 2. The van der Waals surface area contributed by atoms with Gasteiger partial charge in [-0.1, -0.05) is 0 Å². The number of urea groups is 1. The van der Waals surface area contributed by atoms with E-state index in [1.54, 1.807) is 5.32 Å². The van der Waals surface area contributed by atoms with Crippen LogP contribution in [0.25, 0.3) is 10.4 Å². The van der Waals surface area contributed by atoms with Crippen molar-refractivity contribution in [1.82, 2.24) is 5.32 Å². The van der Waals surface area contributed by atoms with Gasteiger partial charge in [0.2, 0.25) is 0 Å². The molecule has 0 atom stereocenters. The van der Waals surface area contributed by atoms with Crippen molar-refractivity contribution in [2.24, 2.45) is 5.11 Å². The number of nitrogens with one attached hydrogen (secondary N) is 1. The molecule has 1 aromatic rings. The van der Waals surface area contributed by atoms with Crippen LogP contribution in [0.2, 0.25) is 0 Å². The molecule has 1 aromatic heterocycles. The van der Waals surface area contributed by atoms with Crippen LogP contribution in [0.3, 0.4) is 0 Å². The van der Waals surface area contributed by atoms with Gasteiger partial charge < -0.3 is 4.42 Å². The maximum Gasteiger partial charge on any atom is 0.315 e. The molecular weight excluding hydrogens is 176 g/mol. The van der Waals surface area contributed by atoms with E-state index >= 15 is 0 Å². The Hall–Kier alpha value is -2.27. The summed E-state index contributed by atoms with van der Waals surface area (Å²) < 4.78 is 4.68. The van der Waals surface area contributed by atoms with Crippen LogP contribution in [0.1, 0.15) is 10.6 Å². The van der Waals surface area contributed by atoms with Gasteiger partial charge in [0.15, 0.2) is 5.76 Å². The summed E-state index contributed by atoms with van der Waals surface area (Å²) in [6.45, 7) is 0. The van der Waals surface area contributed by atoms with E-state index in [0.717, 1.165) is 0 Å². The molecule has 0 saturated carbocycles. The molecule has 0 fully saturated rings. The van der Waals surface area contributed by atoms with Crippen LogP contribution in [-0.4, -0.2) is 11.9 Å². The first-order valence-electron chi connectivity index (χ1n) is 3.18. The highest BCUT2D eigenvalue weighted by Gasteiger charge is 2.10. The number of furan rings is 1. The van der Waals surface area contributed by atoms with Crippen LogP contribution in [0, 0.1) is 0 Å². The van der Waals surface area contributed by atoms with E-state index in [1.807, 2.05) is 0 Å². The number of nitrogens with zero attached hydrogens (tertiary/aromatic N) is 3. The number of imide groups is 1. The topological polar surface area (TPSA) is 108 Å². The Bertz CT molecular complexity index is 363. The fraction of sp³-hybridized carbons (Fsp3) is 0. The first kappa shape index (κ1) is 8.82. The van der Waals surface area contributed by atoms with E-state index in [1.165, 1.54) is 18.4 Å². The van der Waals surface area contributed by atoms with Crippen molar-refractivity contribution in [1.29, 1.82) is 0 Å².